The summed E-state index contributed by atoms with van der Waals surface area (Å²) in [5.41, 5.74) is 2.67. The molecule has 0 saturated heterocycles. The van der Waals surface area contributed by atoms with E-state index in [2.05, 4.69) is 75.4 Å². The first-order valence-electron chi connectivity index (χ1n) is 9.14. The van der Waals surface area contributed by atoms with Crippen LogP contribution in [0.2, 0.25) is 5.02 Å². The van der Waals surface area contributed by atoms with E-state index in [4.69, 9.17) is 21.1 Å². The molecule has 0 aromatic heterocycles. The number of esters is 1. The summed E-state index contributed by atoms with van der Waals surface area (Å²) in [6.07, 6.45) is 1.67. The predicted octanol–water partition coefficient (Wildman–Crippen LogP) is 8.16. The van der Waals surface area contributed by atoms with Crippen LogP contribution in [0, 0.1) is 3.57 Å². The Morgan fingerprint density at radius 2 is 1.78 bits per heavy atom. The Bertz CT molecular complexity index is 1270. The summed E-state index contributed by atoms with van der Waals surface area (Å²) in [6.45, 7) is 0.365. The van der Waals surface area contributed by atoms with Gasteiger partial charge < -0.3 is 9.47 Å². The Labute approximate surface area is 228 Å². The lowest BCUT2D eigenvalue weighted by Gasteiger charge is -2.11. The Kier molecular flexibility index (Phi) is 7.77. The molecule has 4 nitrogen and oxygen atoms in total. The first-order chi connectivity index (χ1) is 15.3. The van der Waals surface area contributed by atoms with Crippen molar-refractivity contribution in [1.82, 2.24) is 0 Å². The minimum absolute atomic E-state index is 0.223. The number of nitrogens with zero attached hydrogens (tertiary/aromatic N) is 1. The fourth-order valence-corrected chi connectivity index (χ4v) is 5.28. The van der Waals surface area contributed by atoms with Crippen LogP contribution in [0.5, 0.6) is 5.75 Å². The minimum atomic E-state index is -0.497. The van der Waals surface area contributed by atoms with Gasteiger partial charge >= 0.3 is 5.97 Å². The van der Waals surface area contributed by atoms with Crippen LogP contribution in [0.25, 0.3) is 6.08 Å². The summed E-state index contributed by atoms with van der Waals surface area (Å²) in [6, 6.07) is 16.9. The number of carbonyl (C=O) groups excluding carboxylic acids is 1. The molecular formula is C23H12Br3ClINO3. The van der Waals surface area contributed by atoms with E-state index in [0.29, 0.717) is 17.4 Å². The van der Waals surface area contributed by atoms with Gasteiger partial charge in [0, 0.05) is 18.6 Å². The molecule has 0 N–H and O–H groups in total. The van der Waals surface area contributed by atoms with E-state index in [0.717, 1.165) is 33.7 Å². The monoisotopic (exact) mass is 749 g/mol. The summed E-state index contributed by atoms with van der Waals surface area (Å²) in [5.74, 6) is 0.426. The number of ether oxygens (including phenoxy) is 2. The quantitative estimate of drug-likeness (QED) is 0.150. The molecule has 0 aliphatic carbocycles. The molecule has 0 saturated carbocycles. The SMILES string of the molecule is O=C1OC(c2ccc(I)c(Br)c2)=N/C1=C\c1cc(Br)c(OCc2cccc(Cl)c2)c(Br)c1. The van der Waals surface area contributed by atoms with Crippen molar-refractivity contribution in [2.75, 3.05) is 0 Å². The lowest BCUT2D eigenvalue weighted by molar-refractivity contribution is -0.129. The van der Waals surface area contributed by atoms with Gasteiger partial charge in [-0.15, -0.1) is 0 Å². The molecule has 3 aromatic carbocycles. The van der Waals surface area contributed by atoms with E-state index in [9.17, 15) is 4.79 Å². The van der Waals surface area contributed by atoms with Gasteiger partial charge in [0.1, 0.15) is 12.4 Å². The standard InChI is InChI=1S/C23H12Br3ClINO3/c24-16-10-14(4-5-19(16)28)22-29-20(23(30)32-22)9-13-7-17(25)21(18(26)8-13)31-11-12-2-1-3-15(27)6-12/h1-10H,11H2/b20-9-. The molecule has 3 aromatic rings. The van der Waals surface area contributed by atoms with E-state index in [-0.39, 0.29) is 11.6 Å². The molecule has 1 aliphatic rings. The van der Waals surface area contributed by atoms with Gasteiger partial charge in [0.15, 0.2) is 5.70 Å². The Hall–Kier alpha value is -1.20. The smallest absolute Gasteiger partial charge is 0.363 e. The number of hydrogen-bond acceptors (Lipinski definition) is 4. The highest BCUT2D eigenvalue weighted by Gasteiger charge is 2.24. The normalized spacial score (nSPS) is 14.5. The second-order valence-corrected chi connectivity index (χ2v) is 10.9. The highest BCUT2D eigenvalue weighted by molar-refractivity contribution is 14.1. The van der Waals surface area contributed by atoms with Crippen molar-refractivity contribution in [2.24, 2.45) is 4.99 Å². The molecule has 0 unspecified atom stereocenters. The van der Waals surface area contributed by atoms with Crippen LogP contribution in [0.3, 0.4) is 0 Å². The third kappa shape index (κ3) is 5.64. The molecule has 162 valence electrons. The fraction of sp³-hybridized carbons (Fsp3) is 0.0435. The molecule has 0 fully saturated rings. The Morgan fingerprint density at radius 3 is 2.47 bits per heavy atom. The molecule has 9 heteroatoms. The first kappa shape index (κ1) is 23.9. The van der Waals surface area contributed by atoms with Crippen LogP contribution < -0.4 is 4.74 Å². The zero-order chi connectivity index (χ0) is 22.8. The van der Waals surface area contributed by atoms with Crippen molar-refractivity contribution < 1.29 is 14.3 Å². The second kappa shape index (κ2) is 10.4. The van der Waals surface area contributed by atoms with Crippen molar-refractivity contribution in [3.63, 3.8) is 0 Å². The third-order valence-corrected chi connectivity index (χ3v) is 8.13. The average Bonchev–Trinajstić information content (AvgIpc) is 3.10. The van der Waals surface area contributed by atoms with Gasteiger partial charge in [-0.1, -0.05) is 23.7 Å². The predicted molar refractivity (Wildman–Crippen MR) is 145 cm³/mol. The van der Waals surface area contributed by atoms with Gasteiger partial charge in [0.2, 0.25) is 5.90 Å². The van der Waals surface area contributed by atoms with Gasteiger partial charge in [-0.25, -0.2) is 9.79 Å². The number of cyclic esters (lactones) is 1. The van der Waals surface area contributed by atoms with Crippen LogP contribution in [0.15, 0.2) is 78.7 Å². The van der Waals surface area contributed by atoms with Crippen molar-refractivity contribution >= 4 is 99.9 Å². The van der Waals surface area contributed by atoms with Gasteiger partial charge in [0.05, 0.1) is 8.95 Å². The number of hydrogen-bond donors (Lipinski definition) is 0. The zero-order valence-corrected chi connectivity index (χ0v) is 23.7. The number of rotatable bonds is 5. The summed E-state index contributed by atoms with van der Waals surface area (Å²) in [4.78, 5) is 16.7. The molecule has 0 atom stereocenters. The Morgan fingerprint density at radius 1 is 1.03 bits per heavy atom. The van der Waals surface area contributed by atoms with Crippen molar-refractivity contribution in [2.45, 2.75) is 6.61 Å². The molecule has 4 rings (SSSR count). The summed E-state index contributed by atoms with van der Waals surface area (Å²) in [5, 5.41) is 0.659. The Balaban J connectivity index is 1.56. The summed E-state index contributed by atoms with van der Waals surface area (Å²) < 4.78 is 14.8. The van der Waals surface area contributed by atoms with Crippen molar-refractivity contribution in [3.05, 3.63) is 99.0 Å². The van der Waals surface area contributed by atoms with Gasteiger partial charge in [-0.05, 0) is 130 Å². The summed E-state index contributed by atoms with van der Waals surface area (Å²) >= 11 is 18.8. The average molecular weight is 752 g/mol. The fourth-order valence-electron chi connectivity index (χ4n) is 2.90. The van der Waals surface area contributed by atoms with E-state index in [1.165, 1.54) is 0 Å². The lowest BCUT2D eigenvalue weighted by Crippen LogP contribution is -2.05. The maximum atomic E-state index is 12.4. The van der Waals surface area contributed by atoms with Crippen molar-refractivity contribution in [1.29, 1.82) is 0 Å². The molecule has 0 amide bonds. The van der Waals surface area contributed by atoms with Gasteiger partial charge in [0.25, 0.3) is 0 Å². The maximum Gasteiger partial charge on any atom is 0.363 e. The molecule has 0 radical (unpaired) electrons. The number of carbonyl (C=O) groups is 1. The first-order valence-corrected chi connectivity index (χ1v) is 13.0. The second-order valence-electron chi connectivity index (χ2n) is 6.70. The minimum Gasteiger partial charge on any atom is -0.487 e. The molecule has 1 aliphatic heterocycles. The van der Waals surface area contributed by atoms with E-state index < -0.39 is 5.97 Å². The topological polar surface area (TPSA) is 47.9 Å². The molecular weight excluding hydrogens is 740 g/mol. The zero-order valence-electron chi connectivity index (χ0n) is 16.0. The molecule has 0 bridgehead atoms. The van der Waals surface area contributed by atoms with Crippen LogP contribution in [0.1, 0.15) is 16.7 Å². The van der Waals surface area contributed by atoms with Crippen LogP contribution in [0.4, 0.5) is 0 Å². The molecule has 32 heavy (non-hydrogen) atoms. The van der Waals surface area contributed by atoms with Gasteiger partial charge in [-0.3, -0.25) is 0 Å². The highest BCUT2D eigenvalue weighted by atomic mass is 127. The lowest BCUT2D eigenvalue weighted by atomic mass is 10.2. The van der Waals surface area contributed by atoms with E-state index >= 15 is 0 Å². The number of aliphatic imine (C=N–C) groups is 1. The summed E-state index contributed by atoms with van der Waals surface area (Å²) in [7, 11) is 0. The number of benzene rings is 3. The van der Waals surface area contributed by atoms with Gasteiger partial charge in [-0.2, -0.15) is 0 Å². The van der Waals surface area contributed by atoms with Crippen LogP contribution in [-0.2, 0) is 16.1 Å². The third-order valence-electron chi connectivity index (χ3n) is 4.38. The van der Waals surface area contributed by atoms with E-state index in [1.54, 1.807) is 6.08 Å². The molecule has 1 heterocycles. The maximum absolute atomic E-state index is 12.4. The largest absolute Gasteiger partial charge is 0.487 e. The number of halogens is 5. The highest BCUT2D eigenvalue weighted by Crippen LogP contribution is 2.36. The molecule has 0 spiro atoms. The van der Waals surface area contributed by atoms with Crippen molar-refractivity contribution in [3.8, 4) is 5.75 Å². The van der Waals surface area contributed by atoms with Crippen LogP contribution in [-0.4, -0.2) is 11.9 Å². The van der Waals surface area contributed by atoms with Crippen LogP contribution >= 0.6 is 82.0 Å². The van der Waals surface area contributed by atoms with E-state index in [1.807, 2.05) is 54.6 Å².